The molecular weight excluding hydrogens is 217 g/mol. The average molecular weight is 231 g/mol. The van der Waals surface area contributed by atoms with Crippen LogP contribution in [0.2, 0.25) is 0 Å². The summed E-state index contributed by atoms with van der Waals surface area (Å²) in [7, 11) is -2.93. The normalized spacial score (nSPS) is 14.4. The molecule has 0 saturated carbocycles. The molecule has 0 aromatic heterocycles. The molecule has 2 nitrogen and oxygen atoms in total. The van der Waals surface area contributed by atoms with Gasteiger partial charge < -0.3 is 0 Å². The lowest BCUT2D eigenvalue weighted by molar-refractivity contribution is 0.588. The van der Waals surface area contributed by atoms with Crippen molar-refractivity contribution in [2.45, 2.75) is 6.92 Å². The van der Waals surface area contributed by atoms with E-state index in [1.54, 1.807) is 0 Å². The fourth-order valence-electron chi connectivity index (χ4n) is 1.72. The van der Waals surface area contributed by atoms with E-state index in [2.05, 4.69) is 0 Å². The lowest BCUT2D eigenvalue weighted by Gasteiger charge is -2.15. The van der Waals surface area contributed by atoms with E-state index in [1.165, 1.54) is 0 Å². The van der Waals surface area contributed by atoms with Gasteiger partial charge in [0.25, 0.3) is 0 Å². The Hall–Kier alpha value is -1.37. The van der Waals surface area contributed by atoms with E-state index in [-0.39, 0.29) is 0 Å². The van der Waals surface area contributed by atoms with E-state index in [1.807, 2.05) is 61.5 Å². The van der Waals surface area contributed by atoms with Gasteiger partial charge in [0.15, 0.2) is 0 Å². The zero-order chi connectivity index (χ0) is 11.6. The van der Waals surface area contributed by atoms with Crippen molar-refractivity contribution in [3.05, 3.63) is 60.2 Å². The van der Waals surface area contributed by atoms with Crippen molar-refractivity contribution in [1.29, 1.82) is 0 Å². The molecule has 0 amide bonds. The van der Waals surface area contributed by atoms with Crippen LogP contribution < -0.4 is 16.1 Å². The number of benzene rings is 2. The summed E-state index contributed by atoms with van der Waals surface area (Å²) in [4.78, 5) is 0. The summed E-state index contributed by atoms with van der Waals surface area (Å²) in [5.74, 6) is 0. The molecule has 0 unspecified atom stereocenters. The summed E-state index contributed by atoms with van der Waals surface area (Å²) in [6.45, 7) is 1.93. The third-order valence-corrected chi connectivity index (χ3v) is 4.90. The van der Waals surface area contributed by atoms with Crippen LogP contribution in [0.25, 0.3) is 0 Å². The van der Waals surface area contributed by atoms with E-state index < -0.39 is 7.29 Å². The fourth-order valence-corrected chi connectivity index (χ4v) is 3.52. The van der Waals surface area contributed by atoms with E-state index in [0.717, 1.165) is 10.9 Å². The Morgan fingerprint density at radius 1 is 0.938 bits per heavy atom. The van der Waals surface area contributed by atoms with E-state index >= 15 is 0 Å². The minimum absolute atomic E-state index is 0.698. The first kappa shape index (κ1) is 11.1. The Kier molecular flexibility index (Phi) is 2.95. The maximum atomic E-state index is 12.6. The first-order valence-electron chi connectivity index (χ1n) is 5.13. The lowest BCUT2D eigenvalue weighted by Crippen LogP contribution is -2.23. The minimum atomic E-state index is -2.93. The van der Waals surface area contributed by atoms with Gasteiger partial charge in [-0.2, -0.15) is 0 Å². The Labute approximate surface area is 95.5 Å². The Balaban J connectivity index is 2.56. The van der Waals surface area contributed by atoms with Gasteiger partial charge in [0.05, 0.1) is 0 Å². The number of aryl methyl sites for hydroxylation is 1. The van der Waals surface area contributed by atoms with Crippen LogP contribution in [0.15, 0.2) is 54.6 Å². The predicted molar refractivity (Wildman–Crippen MR) is 68.7 cm³/mol. The zero-order valence-corrected chi connectivity index (χ0v) is 10.0. The molecular formula is C13H14NOP. The lowest BCUT2D eigenvalue weighted by atomic mass is 10.2. The molecule has 0 heterocycles. The highest BCUT2D eigenvalue weighted by Crippen LogP contribution is 2.34. The Bertz CT molecular complexity index is 537. The van der Waals surface area contributed by atoms with Crippen molar-refractivity contribution in [2.24, 2.45) is 5.50 Å². The predicted octanol–water partition coefficient (Wildman–Crippen LogP) is 2.18. The largest absolute Gasteiger partial charge is 0.297 e. The second-order valence-corrected chi connectivity index (χ2v) is 6.09. The molecule has 2 rings (SSSR count). The highest BCUT2D eigenvalue weighted by Gasteiger charge is 2.22. The molecule has 16 heavy (non-hydrogen) atoms. The Morgan fingerprint density at radius 2 is 1.50 bits per heavy atom. The molecule has 0 saturated heterocycles. The quantitative estimate of drug-likeness (QED) is 0.805. The smallest absolute Gasteiger partial charge is 0.202 e. The number of rotatable bonds is 2. The van der Waals surface area contributed by atoms with Gasteiger partial charge in [0.1, 0.15) is 0 Å². The maximum absolute atomic E-state index is 12.6. The van der Waals surface area contributed by atoms with E-state index in [4.69, 9.17) is 5.50 Å². The molecule has 2 aromatic carbocycles. The molecule has 3 heteroatoms. The summed E-state index contributed by atoms with van der Waals surface area (Å²) >= 11 is 0. The number of hydrogen-bond donors (Lipinski definition) is 1. The topological polar surface area (TPSA) is 43.1 Å². The molecule has 82 valence electrons. The molecule has 0 spiro atoms. The average Bonchev–Trinajstić information content (AvgIpc) is 2.30. The highest BCUT2D eigenvalue weighted by molar-refractivity contribution is 7.76. The van der Waals surface area contributed by atoms with Gasteiger partial charge in [-0.3, -0.25) is 10.1 Å². The van der Waals surface area contributed by atoms with Crippen LogP contribution >= 0.6 is 7.29 Å². The first-order chi connectivity index (χ1) is 7.62. The SMILES string of the molecule is Cc1ccccc1[P@](N)(=O)c1ccccc1. The van der Waals surface area contributed by atoms with Gasteiger partial charge in [-0.05, 0) is 30.7 Å². The van der Waals surface area contributed by atoms with Crippen molar-refractivity contribution >= 4 is 17.9 Å². The van der Waals surface area contributed by atoms with Crippen molar-refractivity contribution in [3.8, 4) is 0 Å². The van der Waals surface area contributed by atoms with Crippen molar-refractivity contribution in [3.63, 3.8) is 0 Å². The first-order valence-corrected chi connectivity index (χ1v) is 6.90. The fraction of sp³-hybridized carbons (Fsp3) is 0.0769. The molecule has 0 bridgehead atoms. The number of hydrogen-bond acceptors (Lipinski definition) is 1. The molecule has 0 aliphatic carbocycles. The summed E-state index contributed by atoms with van der Waals surface area (Å²) in [5.41, 5.74) is 6.99. The molecule has 0 fully saturated rings. The van der Waals surface area contributed by atoms with Crippen molar-refractivity contribution in [2.75, 3.05) is 0 Å². The van der Waals surface area contributed by atoms with Gasteiger partial charge in [-0.25, -0.2) is 0 Å². The van der Waals surface area contributed by atoms with Crippen LogP contribution in [0.1, 0.15) is 5.56 Å². The third kappa shape index (κ3) is 1.95. The molecule has 1 atom stereocenters. The van der Waals surface area contributed by atoms with Crippen LogP contribution in [0.5, 0.6) is 0 Å². The monoisotopic (exact) mass is 231 g/mol. The third-order valence-electron chi connectivity index (χ3n) is 2.61. The second kappa shape index (κ2) is 4.25. The van der Waals surface area contributed by atoms with Gasteiger partial charge in [-0.1, -0.05) is 36.4 Å². The second-order valence-electron chi connectivity index (χ2n) is 3.78. The molecule has 0 aliphatic heterocycles. The van der Waals surface area contributed by atoms with Gasteiger partial charge in [0.2, 0.25) is 7.29 Å². The van der Waals surface area contributed by atoms with Gasteiger partial charge in [-0.15, -0.1) is 0 Å². The summed E-state index contributed by atoms with van der Waals surface area (Å²) < 4.78 is 12.6. The standard InChI is InChI=1S/C13H14NOP/c1-11-7-5-6-10-13(11)16(14,15)12-8-3-2-4-9-12/h2-10H,1H3,(H2,14,15)/t16-/m1/s1. The van der Waals surface area contributed by atoms with E-state index in [0.29, 0.717) is 5.30 Å². The molecule has 2 aromatic rings. The maximum Gasteiger partial charge on any atom is 0.202 e. The summed E-state index contributed by atoms with van der Waals surface area (Å²) in [5, 5.41) is 1.44. The molecule has 0 aliphatic rings. The van der Waals surface area contributed by atoms with Crippen LogP contribution in [-0.4, -0.2) is 0 Å². The summed E-state index contributed by atoms with van der Waals surface area (Å²) in [6, 6.07) is 16.8. The molecule has 2 N–H and O–H groups in total. The Morgan fingerprint density at radius 3 is 2.12 bits per heavy atom. The van der Waals surface area contributed by atoms with Crippen LogP contribution in [0.3, 0.4) is 0 Å². The zero-order valence-electron chi connectivity index (χ0n) is 9.13. The van der Waals surface area contributed by atoms with Crippen LogP contribution in [-0.2, 0) is 4.57 Å². The number of nitrogens with two attached hydrogens (primary N) is 1. The van der Waals surface area contributed by atoms with Crippen LogP contribution in [0, 0.1) is 6.92 Å². The minimum Gasteiger partial charge on any atom is -0.297 e. The van der Waals surface area contributed by atoms with Gasteiger partial charge in [0, 0.05) is 10.6 Å². The summed E-state index contributed by atoms with van der Waals surface area (Å²) in [6.07, 6.45) is 0. The van der Waals surface area contributed by atoms with E-state index in [9.17, 15) is 4.57 Å². The van der Waals surface area contributed by atoms with Crippen molar-refractivity contribution < 1.29 is 4.57 Å². The molecule has 0 radical (unpaired) electrons. The van der Waals surface area contributed by atoms with Crippen molar-refractivity contribution in [1.82, 2.24) is 0 Å². The van der Waals surface area contributed by atoms with Crippen LogP contribution in [0.4, 0.5) is 0 Å². The van der Waals surface area contributed by atoms with Gasteiger partial charge >= 0.3 is 0 Å². The highest BCUT2D eigenvalue weighted by atomic mass is 31.2.